The van der Waals surface area contributed by atoms with Crippen LogP contribution in [0.5, 0.6) is 0 Å². The minimum Gasteiger partial charge on any atom is -0.479 e. The van der Waals surface area contributed by atoms with Gasteiger partial charge in [-0.25, -0.2) is 14.8 Å². The van der Waals surface area contributed by atoms with Crippen LogP contribution in [0.15, 0.2) is 35.7 Å². The number of benzene rings is 2. The summed E-state index contributed by atoms with van der Waals surface area (Å²) in [5.74, 6) is -0.0456. The Hall–Kier alpha value is -2.56. The van der Waals surface area contributed by atoms with Crippen molar-refractivity contribution in [2.75, 3.05) is 38.1 Å². The maximum Gasteiger partial charge on any atom is 0.337 e. The Morgan fingerprint density at radius 3 is 2.42 bits per heavy atom. The highest BCUT2D eigenvalue weighted by atomic mass is 35.5. The minimum absolute atomic E-state index is 0.615. The van der Waals surface area contributed by atoms with Gasteiger partial charge >= 0.3 is 5.97 Å². The van der Waals surface area contributed by atoms with Crippen LogP contribution in [-0.2, 0) is 9.53 Å². The average molecular weight is 571 g/mol. The van der Waals surface area contributed by atoms with Gasteiger partial charge in [-0.1, -0.05) is 23.7 Å². The van der Waals surface area contributed by atoms with Gasteiger partial charge in [-0.05, 0) is 64.1 Å². The third-order valence-electron chi connectivity index (χ3n) is 6.52. The SMILES string of the molecule is Cc1cc2nc(-c3nc(N4CCN(C)CC4)cs3)sc2c(-c2ccc(Cl)cc2)c1C(OC(C)(C)C)C(=O)O. The molecular formula is C28H31ClN4O3S2. The number of aliphatic carboxylic acids is 1. The number of piperazine rings is 1. The van der Waals surface area contributed by atoms with Gasteiger partial charge in [-0.2, -0.15) is 0 Å². The summed E-state index contributed by atoms with van der Waals surface area (Å²) in [6.07, 6.45) is -1.14. The van der Waals surface area contributed by atoms with Crippen molar-refractivity contribution in [3.8, 4) is 21.1 Å². The Labute approximate surface area is 235 Å². The van der Waals surface area contributed by atoms with Crippen molar-refractivity contribution in [1.82, 2.24) is 14.9 Å². The first kappa shape index (κ1) is 27.0. The first-order chi connectivity index (χ1) is 18.0. The topological polar surface area (TPSA) is 78.8 Å². The molecule has 1 aliphatic rings. The first-order valence-electron chi connectivity index (χ1n) is 12.5. The fraction of sp³-hybridized carbons (Fsp3) is 0.393. The van der Waals surface area contributed by atoms with Gasteiger partial charge in [0.1, 0.15) is 5.82 Å². The van der Waals surface area contributed by atoms with Crippen LogP contribution in [0.25, 0.3) is 31.4 Å². The van der Waals surface area contributed by atoms with E-state index in [0.717, 1.165) is 68.9 Å². The van der Waals surface area contributed by atoms with E-state index in [2.05, 4.69) is 22.2 Å². The molecule has 1 atom stereocenters. The standard InChI is InChI=1S/C28H31ClN4O3S2/c1-16-14-19-24(38-26(30-19)25-31-20(15-37-25)33-12-10-32(5)11-13-33)22(17-6-8-18(29)9-7-17)21(16)23(27(34)35)36-28(2,3)4/h6-9,14-15,23H,10-13H2,1-5H3,(H,34,35). The second-order valence-corrected chi connectivity index (χ2v) is 12.9. The van der Waals surface area contributed by atoms with Crippen molar-refractivity contribution in [1.29, 1.82) is 0 Å². The number of likely N-dealkylation sites (N-methyl/N-ethyl adjacent to an activating group) is 1. The van der Waals surface area contributed by atoms with Gasteiger partial charge in [0, 0.05) is 47.7 Å². The second kappa shape index (κ2) is 10.5. The van der Waals surface area contributed by atoms with Crippen molar-refractivity contribution >= 4 is 56.3 Å². The van der Waals surface area contributed by atoms with E-state index in [1.807, 2.05) is 58.0 Å². The summed E-state index contributed by atoms with van der Waals surface area (Å²) in [4.78, 5) is 27.1. The molecule has 200 valence electrons. The second-order valence-electron chi connectivity index (χ2n) is 10.6. The zero-order chi connectivity index (χ0) is 27.2. The number of carboxylic acids is 1. The third kappa shape index (κ3) is 5.58. The number of hydrogen-bond donors (Lipinski definition) is 1. The van der Waals surface area contributed by atoms with Gasteiger partial charge in [-0.3, -0.25) is 0 Å². The molecule has 0 amide bonds. The van der Waals surface area contributed by atoms with Crippen LogP contribution < -0.4 is 4.90 Å². The van der Waals surface area contributed by atoms with E-state index in [1.54, 1.807) is 11.3 Å². The van der Waals surface area contributed by atoms with Gasteiger partial charge in [0.25, 0.3) is 0 Å². The van der Waals surface area contributed by atoms with Crippen LogP contribution in [0.2, 0.25) is 5.02 Å². The molecule has 0 saturated carbocycles. The van der Waals surface area contributed by atoms with Crippen LogP contribution in [0.3, 0.4) is 0 Å². The molecule has 1 N–H and O–H groups in total. The molecule has 2 aromatic carbocycles. The number of carbonyl (C=O) groups is 1. The summed E-state index contributed by atoms with van der Waals surface area (Å²) in [5, 5.41) is 14.7. The summed E-state index contributed by atoms with van der Waals surface area (Å²) in [6, 6.07) is 9.44. The Morgan fingerprint density at radius 1 is 1.11 bits per heavy atom. The number of aromatic nitrogens is 2. The number of nitrogens with zero attached hydrogens (tertiary/aromatic N) is 4. The summed E-state index contributed by atoms with van der Waals surface area (Å²) >= 11 is 9.33. The highest BCUT2D eigenvalue weighted by Crippen LogP contribution is 2.45. The van der Waals surface area contributed by atoms with Crippen molar-refractivity contribution in [3.63, 3.8) is 0 Å². The Kier molecular flexibility index (Phi) is 7.50. The van der Waals surface area contributed by atoms with Crippen LogP contribution in [0, 0.1) is 6.92 Å². The number of rotatable bonds is 6. The van der Waals surface area contributed by atoms with E-state index in [-0.39, 0.29) is 0 Å². The van der Waals surface area contributed by atoms with Gasteiger partial charge < -0.3 is 19.6 Å². The van der Waals surface area contributed by atoms with Gasteiger partial charge in [-0.15, -0.1) is 22.7 Å². The molecule has 38 heavy (non-hydrogen) atoms. The van der Waals surface area contributed by atoms with Crippen molar-refractivity contribution < 1.29 is 14.6 Å². The molecule has 0 radical (unpaired) electrons. The summed E-state index contributed by atoms with van der Waals surface area (Å²) < 4.78 is 7.02. The lowest BCUT2D eigenvalue weighted by atomic mass is 9.91. The largest absolute Gasteiger partial charge is 0.479 e. The van der Waals surface area contributed by atoms with E-state index in [4.69, 9.17) is 26.3 Å². The van der Waals surface area contributed by atoms with Crippen LogP contribution >= 0.6 is 34.3 Å². The van der Waals surface area contributed by atoms with Crippen molar-refractivity contribution in [3.05, 3.63) is 51.9 Å². The van der Waals surface area contributed by atoms with Crippen LogP contribution in [0.1, 0.15) is 38.0 Å². The van der Waals surface area contributed by atoms with Crippen LogP contribution in [0.4, 0.5) is 5.82 Å². The normalized spacial score (nSPS) is 15.8. The molecule has 4 aromatic rings. The molecule has 1 unspecified atom stereocenters. The number of anilines is 1. The highest BCUT2D eigenvalue weighted by Gasteiger charge is 2.32. The molecule has 1 fully saturated rings. The zero-order valence-corrected chi connectivity index (χ0v) is 24.5. The molecule has 10 heteroatoms. The number of thiazole rings is 2. The van der Waals surface area contributed by atoms with Crippen molar-refractivity contribution in [2.45, 2.75) is 39.4 Å². The predicted octanol–water partition coefficient (Wildman–Crippen LogP) is 6.74. The van der Waals surface area contributed by atoms with E-state index in [9.17, 15) is 9.90 Å². The monoisotopic (exact) mass is 570 g/mol. The smallest absolute Gasteiger partial charge is 0.337 e. The Bertz CT molecular complexity index is 1470. The Morgan fingerprint density at radius 2 is 1.79 bits per heavy atom. The van der Waals surface area contributed by atoms with Gasteiger partial charge in [0.05, 0.1) is 15.8 Å². The number of hydrogen-bond acceptors (Lipinski definition) is 8. The molecule has 1 aliphatic heterocycles. The molecule has 7 nitrogen and oxygen atoms in total. The fourth-order valence-electron chi connectivity index (χ4n) is 4.67. The molecule has 2 aromatic heterocycles. The van der Waals surface area contributed by atoms with E-state index >= 15 is 0 Å². The van der Waals surface area contributed by atoms with Gasteiger partial charge in [0.2, 0.25) is 0 Å². The molecule has 3 heterocycles. The molecule has 0 spiro atoms. The summed E-state index contributed by atoms with van der Waals surface area (Å²) in [5.41, 5.74) is 3.29. The molecule has 5 rings (SSSR count). The first-order valence-corrected chi connectivity index (χ1v) is 14.6. The Balaban J connectivity index is 1.65. The number of halogens is 1. The third-order valence-corrected chi connectivity index (χ3v) is 8.83. The van der Waals surface area contributed by atoms with Gasteiger partial charge in [0.15, 0.2) is 16.1 Å². The van der Waals surface area contributed by atoms with Crippen molar-refractivity contribution in [2.24, 2.45) is 0 Å². The van der Waals surface area contributed by atoms with E-state index in [0.29, 0.717) is 10.6 Å². The molecule has 1 saturated heterocycles. The number of fused-ring (bicyclic) bond motifs is 1. The molecular weight excluding hydrogens is 540 g/mol. The lowest BCUT2D eigenvalue weighted by molar-refractivity contribution is -0.160. The minimum atomic E-state index is -1.14. The highest BCUT2D eigenvalue weighted by molar-refractivity contribution is 7.25. The zero-order valence-electron chi connectivity index (χ0n) is 22.1. The van der Waals surface area contributed by atoms with E-state index in [1.165, 1.54) is 11.3 Å². The average Bonchev–Trinajstić information content (AvgIpc) is 3.50. The lowest BCUT2D eigenvalue weighted by Crippen LogP contribution is -2.44. The summed E-state index contributed by atoms with van der Waals surface area (Å²) in [6.45, 7) is 11.5. The van der Waals surface area contributed by atoms with Crippen LogP contribution in [-0.4, -0.2) is 64.8 Å². The molecule has 0 bridgehead atoms. The fourth-order valence-corrected chi connectivity index (χ4v) is 6.79. The molecule has 0 aliphatic carbocycles. The number of ether oxygens (including phenoxy) is 1. The lowest BCUT2D eigenvalue weighted by Gasteiger charge is -2.32. The quantitative estimate of drug-likeness (QED) is 0.275. The maximum atomic E-state index is 12.5. The van der Waals surface area contributed by atoms with E-state index < -0.39 is 17.7 Å². The number of carboxylic acid groups (broad SMARTS) is 1. The number of aryl methyl sites for hydroxylation is 1. The summed E-state index contributed by atoms with van der Waals surface area (Å²) in [7, 11) is 2.14. The maximum absolute atomic E-state index is 12.5. The predicted molar refractivity (Wildman–Crippen MR) is 157 cm³/mol.